The van der Waals surface area contributed by atoms with E-state index in [0.717, 1.165) is 27.8 Å². The monoisotopic (exact) mass is 492 g/mol. The van der Waals surface area contributed by atoms with Gasteiger partial charge in [-0.15, -0.1) is 0 Å². The summed E-state index contributed by atoms with van der Waals surface area (Å²) in [4.78, 5) is 28.2. The van der Waals surface area contributed by atoms with Gasteiger partial charge in [-0.05, 0) is 53.6 Å². The fourth-order valence-electron chi connectivity index (χ4n) is 3.65. The first-order valence-corrected chi connectivity index (χ1v) is 10.6. The predicted octanol–water partition coefficient (Wildman–Crippen LogP) is 3.96. The van der Waals surface area contributed by atoms with Crippen LogP contribution in [0.25, 0.3) is 0 Å². The van der Waals surface area contributed by atoms with E-state index in [0.29, 0.717) is 19.5 Å². The molecule has 2 aromatic carbocycles. The van der Waals surface area contributed by atoms with Crippen LogP contribution in [-0.4, -0.2) is 53.0 Å². The van der Waals surface area contributed by atoms with Crippen LogP contribution in [0.2, 0.25) is 0 Å². The second kappa shape index (κ2) is 9.52. The Morgan fingerprint density at radius 1 is 1.04 bits per heavy atom. The minimum atomic E-state index is -0.774. The molecule has 1 aliphatic heterocycles. The molecule has 28 heavy (non-hydrogen) atoms. The van der Waals surface area contributed by atoms with Crippen molar-refractivity contribution >= 4 is 34.5 Å². The number of piperazine rings is 1. The normalized spacial score (nSPS) is 16.0. The molecule has 3 rings (SSSR count). The molecular weight excluding hydrogens is 467 g/mol. The van der Waals surface area contributed by atoms with Crippen molar-refractivity contribution in [3.05, 3.63) is 68.8 Å². The second-order valence-electron chi connectivity index (χ2n) is 7.17. The zero-order valence-corrected chi connectivity index (χ0v) is 18.1. The lowest BCUT2D eigenvalue weighted by molar-refractivity contribution is -0.137. The number of carboxylic acids is 1. The minimum Gasteiger partial charge on any atom is -0.481 e. The van der Waals surface area contributed by atoms with E-state index in [-0.39, 0.29) is 18.4 Å². The largest absolute Gasteiger partial charge is 0.481 e. The van der Waals surface area contributed by atoms with Crippen LogP contribution in [-0.2, 0) is 4.79 Å². The van der Waals surface area contributed by atoms with E-state index in [1.807, 2.05) is 36.1 Å². The molecule has 0 aliphatic carbocycles. The standard InChI is InChI=1S/C22H25IN2O3/c1-16-6-8-17(9-7-16)20(10-11-21(26)27)24-12-14-25(15-13-24)22(28)18-4-2-3-5-19(18)23/h2-9,20H,10-15H2,1H3,(H,26,27)/t20-/m1/s1. The van der Waals surface area contributed by atoms with Gasteiger partial charge in [0.1, 0.15) is 0 Å². The van der Waals surface area contributed by atoms with Gasteiger partial charge in [0.15, 0.2) is 0 Å². The number of carbonyl (C=O) groups excluding carboxylic acids is 1. The SMILES string of the molecule is Cc1ccc([C@@H](CCC(=O)O)N2CCN(C(=O)c3ccccc3I)CC2)cc1. The Kier molecular flexibility index (Phi) is 7.07. The van der Waals surface area contributed by atoms with E-state index < -0.39 is 5.97 Å². The molecule has 2 aromatic rings. The summed E-state index contributed by atoms with van der Waals surface area (Å²) in [6, 6.07) is 16.0. The highest BCUT2D eigenvalue weighted by atomic mass is 127. The summed E-state index contributed by atoms with van der Waals surface area (Å²) in [7, 11) is 0. The number of halogens is 1. The van der Waals surface area contributed by atoms with Crippen molar-refractivity contribution in [3.8, 4) is 0 Å². The highest BCUT2D eigenvalue weighted by molar-refractivity contribution is 14.1. The number of hydrogen-bond donors (Lipinski definition) is 1. The van der Waals surface area contributed by atoms with Gasteiger partial charge >= 0.3 is 5.97 Å². The van der Waals surface area contributed by atoms with Gasteiger partial charge in [0.2, 0.25) is 0 Å². The van der Waals surface area contributed by atoms with Crippen LogP contribution < -0.4 is 0 Å². The number of carboxylic acid groups (broad SMARTS) is 1. The van der Waals surface area contributed by atoms with Crippen molar-refractivity contribution < 1.29 is 14.7 Å². The van der Waals surface area contributed by atoms with Gasteiger partial charge in [-0.25, -0.2) is 0 Å². The summed E-state index contributed by atoms with van der Waals surface area (Å²) in [5.41, 5.74) is 3.08. The van der Waals surface area contributed by atoms with Crippen LogP contribution in [0, 0.1) is 10.5 Å². The van der Waals surface area contributed by atoms with Gasteiger partial charge in [-0.2, -0.15) is 0 Å². The highest BCUT2D eigenvalue weighted by Crippen LogP contribution is 2.28. The van der Waals surface area contributed by atoms with Crippen molar-refractivity contribution in [3.63, 3.8) is 0 Å². The summed E-state index contributed by atoms with van der Waals surface area (Å²) < 4.78 is 0.964. The Labute approximate surface area is 179 Å². The lowest BCUT2D eigenvalue weighted by Gasteiger charge is -2.39. The summed E-state index contributed by atoms with van der Waals surface area (Å²) >= 11 is 2.20. The molecule has 1 heterocycles. The van der Waals surface area contributed by atoms with E-state index >= 15 is 0 Å². The molecule has 0 unspecified atom stereocenters. The molecule has 1 N–H and O–H groups in total. The van der Waals surface area contributed by atoms with Gasteiger partial charge in [-0.3, -0.25) is 14.5 Å². The molecule has 6 heteroatoms. The summed E-state index contributed by atoms with van der Waals surface area (Å²) in [6.45, 7) is 4.84. The third kappa shape index (κ3) is 5.11. The minimum absolute atomic E-state index is 0.0609. The zero-order valence-electron chi connectivity index (χ0n) is 16.0. The lowest BCUT2D eigenvalue weighted by atomic mass is 9.98. The number of hydrogen-bond acceptors (Lipinski definition) is 3. The van der Waals surface area contributed by atoms with Crippen molar-refractivity contribution in [2.45, 2.75) is 25.8 Å². The van der Waals surface area contributed by atoms with Crippen molar-refractivity contribution in [1.82, 2.24) is 9.80 Å². The number of rotatable bonds is 6. The van der Waals surface area contributed by atoms with E-state index in [4.69, 9.17) is 5.11 Å². The van der Waals surface area contributed by atoms with Crippen LogP contribution in [0.3, 0.4) is 0 Å². The van der Waals surface area contributed by atoms with Crippen LogP contribution in [0.4, 0.5) is 0 Å². The summed E-state index contributed by atoms with van der Waals surface area (Å²) in [6.07, 6.45) is 0.711. The molecule has 1 fully saturated rings. The van der Waals surface area contributed by atoms with Crippen molar-refractivity contribution in [1.29, 1.82) is 0 Å². The van der Waals surface area contributed by atoms with E-state index in [1.165, 1.54) is 5.56 Å². The van der Waals surface area contributed by atoms with E-state index in [1.54, 1.807) is 0 Å². The van der Waals surface area contributed by atoms with Crippen LogP contribution >= 0.6 is 22.6 Å². The molecule has 0 bridgehead atoms. The van der Waals surface area contributed by atoms with E-state index in [9.17, 15) is 9.59 Å². The van der Waals surface area contributed by atoms with Crippen LogP contribution in [0.15, 0.2) is 48.5 Å². The first-order valence-electron chi connectivity index (χ1n) is 9.52. The van der Waals surface area contributed by atoms with Gasteiger partial charge in [0.25, 0.3) is 5.91 Å². The Balaban J connectivity index is 1.69. The van der Waals surface area contributed by atoms with E-state index in [2.05, 4.69) is 51.8 Å². The molecule has 5 nitrogen and oxygen atoms in total. The van der Waals surface area contributed by atoms with Crippen molar-refractivity contribution in [2.75, 3.05) is 26.2 Å². The van der Waals surface area contributed by atoms with Crippen LogP contribution in [0.1, 0.15) is 40.4 Å². The first-order chi connectivity index (χ1) is 13.5. The molecule has 0 radical (unpaired) electrons. The number of nitrogens with zero attached hydrogens (tertiary/aromatic N) is 2. The van der Waals surface area contributed by atoms with Gasteiger partial charge in [-0.1, -0.05) is 42.0 Å². The summed E-state index contributed by atoms with van der Waals surface area (Å²) in [5, 5.41) is 9.15. The third-order valence-corrected chi connectivity index (χ3v) is 6.18. The fourth-order valence-corrected chi connectivity index (χ4v) is 4.27. The maximum Gasteiger partial charge on any atom is 0.303 e. The maximum atomic E-state index is 12.8. The molecule has 148 valence electrons. The lowest BCUT2D eigenvalue weighted by Crippen LogP contribution is -2.49. The zero-order chi connectivity index (χ0) is 20.1. The van der Waals surface area contributed by atoms with Gasteiger partial charge in [0, 0.05) is 42.2 Å². The Hall–Kier alpha value is -1.93. The maximum absolute atomic E-state index is 12.8. The second-order valence-corrected chi connectivity index (χ2v) is 8.33. The Morgan fingerprint density at radius 3 is 2.29 bits per heavy atom. The van der Waals surface area contributed by atoms with Gasteiger partial charge < -0.3 is 10.0 Å². The Bertz CT molecular complexity index is 830. The average Bonchev–Trinajstić information content (AvgIpc) is 2.69. The number of aliphatic carboxylic acids is 1. The van der Waals surface area contributed by atoms with Crippen LogP contribution in [0.5, 0.6) is 0 Å². The number of amides is 1. The van der Waals surface area contributed by atoms with Crippen molar-refractivity contribution in [2.24, 2.45) is 0 Å². The van der Waals surface area contributed by atoms with Gasteiger partial charge in [0.05, 0.1) is 5.56 Å². The predicted molar refractivity (Wildman–Crippen MR) is 117 cm³/mol. The molecule has 1 saturated heterocycles. The first kappa shape index (κ1) is 20.8. The molecular formula is C22H25IN2O3. The number of benzene rings is 2. The highest BCUT2D eigenvalue weighted by Gasteiger charge is 2.28. The molecule has 1 amide bonds. The quantitative estimate of drug-likeness (QED) is 0.621. The molecule has 0 aromatic heterocycles. The third-order valence-electron chi connectivity index (χ3n) is 5.24. The molecule has 1 atom stereocenters. The molecule has 0 saturated carbocycles. The smallest absolute Gasteiger partial charge is 0.303 e. The number of aryl methyl sites for hydroxylation is 1. The molecule has 1 aliphatic rings. The topological polar surface area (TPSA) is 60.9 Å². The molecule has 0 spiro atoms. The summed E-state index contributed by atoms with van der Waals surface area (Å²) in [5.74, 6) is -0.702. The fraction of sp³-hybridized carbons (Fsp3) is 0.364. The Morgan fingerprint density at radius 2 is 1.68 bits per heavy atom. The number of carbonyl (C=O) groups is 2. The average molecular weight is 492 g/mol.